The van der Waals surface area contributed by atoms with Crippen LogP contribution in [0.15, 0.2) is 65.1 Å². The Labute approximate surface area is 174 Å². The minimum atomic E-state index is -0.290. The Bertz CT molecular complexity index is 1210. The lowest BCUT2D eigenvalue weighted by Gasteiger charge is -2.09. The maximum atomic E-state index is 12.6. The van der Waals surface area contributed by atoms with Gasteiger partial charge in [-0.2, -0.15) is 0 Å². The molecule has 6 nitrogen and oxygen atoms in total. The Morgan fingerprint density at radius 1 is 1.13 bits per heavy atom. The summed E-state index contributed by atoms with van der Waals surface area (Å²) in [5.74, 6) is 0.651. The second-order valence-corrected chi connectivity index (χ2v) is 7.05. The van der Waals surface area contributed by atoms with E-state index in [4.69, 9.17) is 9.15 Å². The Kier molecular flexibility index (Phi) is 5.39. The third-order valence-corrected chi connectivity index (χ3v) is 4.60. The van der Waals surface area contributed by atoms with Gasteiger partial charge in [0.05, 0.1) is 12.2 Å². The zero-order chi connectivity index (χ0) is 21.1. The first-order chi connectivity index (χ1) is 14.5. The fourth-order valence-electron chi connectivity index (χ4n) is 3.09. The summed E-state index contributed by atoms with van der Waals surface area (Å²) in [6.07, 6.45) is 0.891. The number of carbonyl (C=O) groups is 1. The van der Waals surface area contributed by atoms with E-state index in [-0.39, 0.29) is 11.7 Å². The number of nitrogens with one attached hydrogen (secondary N) is 1. The van der Waals surface area contributed by atoms with Crippen molar-refractivity contribution in [3.8, 4) is 23.0 Å². The molecule has 0 unspecified atom stereocenters. The number of carbonyl (C=O) groups excluding carboxylic acids is 1. The van der Waals surface area contributed by atoms with Crippen LogP contribution in [0.4, 0.5) is 5.69 Å². The summed E-state index contributed by atoms with van der Waals surface area (Å²) >= 11 is 0. The highest BCUT2D eigenvalue weighted by atomic mass is 16.5. The molecule has 3 aromatic carbocycles. The second-order valence-electron chi connectivity index (χ2n) is 7.05. The van der Waals surface area contributed by atoms with Crippen LogP contribution in [0.1, 0.15) is 29.3 Å². The molecule has 0 aliphatic heterocycles. The van der Waals surface area contributed by atoms with E-state index in [1.807, 2.05) is 38.1 Å². The van der Waals surface area contributed by atoms with Crippen molar-refractivity contribution in [3.63, 3.8) is 0 Å². The van der Waals surface area contributed by atoms with Crippen LogP contribution in [0.5, 0.6) is 11.5 Å². The van der Waals surface area contributed by atoms with Gasteiger partial charge in [-0.15, -0.1) is 0 Å². The van der Waals surface area contributed by atoms with Gasteiger partial charge in [-0.05, 0) is 61.4 Å². The van der Waals surface area contributed by atoms with Crippen LogP contribution in [-0.2, 0) is 0 Å². The van der Waals surface area contributed by atoms with E-state index in [9.17, 15) is 9.90 Å². The third-order valence-electron chi connectivity index (χ3n) is 4.60. The zero-order valence-electron chi connectivity index (χ0n) is 16.8. The molecule has 0 fully saturated rings. The molecule has 4 aromatic rings. The molecular formula is C24H22N2O4. The molecule has 0 radical (unpaired) electrons. The van der Waals surface area contributed by atoms with Gasteiger partial charge < -0.3 is 19.6 Å². The lowest BCUT2D eigenvalue weighted by atomic mass is 10.1. The summed E-state index contributed by atoms with van der Waals surface area (Å²) in [6, 6.07) is 17.6. The third kappa shape index (κ3) is 4.12. The molecule has 1 heterocycles. The van der Waals surface area contributed by atoms with E-state index in [2.05, 4.69) is 10.3 Å². The van der Waals surface area contributed by atoms with Crippen LogP contribution < -0.4 is 10.1 Å². The van der Waals surface area contributed by atoms with E-state index < -0.39 is 0 Å². The number of hydrogen-bond donors (Lipinski definition) is 2. The molecule has 0 bridgehead atoms. The number of amides is 1. The fraction of sp³-hybridized carbons (Fsp3) is 0.167. The van der Waals surface area contributed by atoms with Gasteiger partial charge >= 0.3 is 0 Å². The maximum Gasteiger partial charge on any atom is 0.255 e. The number of oxazole rings is 1. The maximum absolute atomic E-state index is 12.6. The van der Waals surface area contributed by atoms with Crippen molar-refractivity contribution in [3.05, 3.63) is 71.8 Å². The van der Waals surface area contributed by atoms with Crippen molar-refractivity contribution >= 4 is 22.7 Å². The monoisotopic (exact) mass is 402 g/mol. The molecular weight excluding hydrogens is 380 g/mol. The SMILES string of the molecule is CCCOc1cccc(C(=O)Nc2ccc(-c3nc4cc(C)ccc4o3)c(O)c2)c1. The van der Waals surface area contributed by atoms with Gasteiger partial charge in [-0.25, -0.2) is 4.98 Å². The van der Waals surface area contributed by atoms with Crippen LogP contribution in [0, 0.1) is 6.92 Å². The van der Waals surface area contributed by atoms with Gasteiger partial charge in [0.25, 0.3) is 5.91 Å². The standard InChI is InChI=1S/C24H22N2O4/c1-3-11-29-18-6-4-5-16(13-18)23(28)25-17-8-9-19(21(27)14-17)24-26-20-12-15(2)7-10-22(20)30-24/h4-10,12-14,27H,3,11H2,1-2H3,(H,25,28). The van der Waals surface area contributed by atoms with Crippen LogP contribution in [0.25, 0.3) is 22.6 Å². The summed E-state index contributed by atoms with van der Waals surface area (Å²) < 4.78 is 11.3. The smallest absolute Gasteiger partial charge is 0.255 e. The number of nitrogens with zero attached hydrogens (tertiary/aromatic N) is 1. The molecule has 0 aliphatic carbocycles. The summed E-state index contributed by atoms with van der Waals surface area (Å²) in [4.78, 5) is 17.0. The number of fused-ring (bicyclic) bond motifs is 1. The van der Waals surface area contributed by atoms with Crippen molar-refractivity contribution in [2.45, 2.75) is 20.3 Å². The van der Waals surface area contributed by atoms with Gasteiger partial charge in [0.2, 0.25) is 5.89 Å². The molecule has 2 N–H and O–H groups in total. The summed E-state index contributed by atoms with van der Waals surface area (Å²) in [6.45, 7) is 4.60. The van der Waals surface area contributed by atoms with Gasteiger partial charge in [-0.1, -0.05) is 19.1 Å². The van der Waals surface area contributed by atoms with E-state index in [0.717, 1.165) is 17.5 Å². The number of aromatic hydroxyl groups is 1. The minimum Gasteiger partial charge on any atom is -0.507 e. The van der Waals surface area contributed by atoms with Crippen LogP contribution in [0.3, 0.4) is 0 Å². The first-order valence-electron chi connectivity index (χ1n) is 9.78. The van der Waals surface area contributed by atoms with Crippen LogP contribution in [0.2, 0.25) is 0 Å². The normalized spacial score (nSPS) is 10.9. The average molecular weight is 402 g/mol. The summed E-state index contributed by atoms with van der Waals surface area (Å²) in [7, 11) is 0. The predicted octanol–water partition coefficient (Wildman–Crippen LogP) is 5.55. The topological polar surface area (TPSA) is 84.6 Å². The fourth-order valence-corrected chi connectivity index (χ4v) is 3.09. The molecule has 0 atom stereocenters. The highest BCUT2D eigenvalue weighted by molar-refractivity contribution is 6.04. The second kappa shape index (κ2) is 8.29. The van der Waals surface area contributed by atoms with Gasteiger partial charge in [0.1, 0.15) is 17.0 Å². The first-order valence-corrected chi connectivity index (χ1v) is 9.78. The number of ether oxygens (including phenoxy) is 1. The van der Waals surface area contributed by atoms with Crippen LogP contribution >= 0.6 is 0 Å². The van der Waals surface area contributed by atoms with E-state index in [1.165, 1.54) is 6.07 Å². The van der Waals surface area contributed by atoms with Crippen molar-refractivity contribution in [1.82, 2.24) is 4.98 Å². The number of anilines is 1. The first kappa shape index (κ1) is 19.5. The number of rotatable bonds is 6. The summed E-state index contributed by atoms with van der Waals surface area (Å²) in [5.41, 5.74) is 3.85. The number of hydrogen-bond acceptors (Lipinski definition) is 5. The number of phenolic OH excluding ortho intramolecular Hbond substituents is 1. The molecule has 0 spiro atoms. The Morgan fingerprint density at radius 3 is 2.80 bits per heavy atom. The van der Waals surface area contributed by atoms with Crippen molar-refractivity contribution in [2.75, 3.05) is 11.9 Å². The molecule has 6 heteroatoms. The number of aromatic nitrogens is 1. The average Bonchev–Trinajstić information content (AvgIpc) is 3.15. The van der Waals surface area contributed by atoms with E-state index in [1.54, 1.807) is 30.3 Å². The lowest BCUT2D eigenvalue weighted by molar-refractivity contribution is 0.102. The summed E-state index contributed by atoms with van der Waals surface area (Å²) in [5, 5.41) is 13.3. The Morgan fingerprint density at radius 2 is 2.00 bits per heavy atom. The molecule has 152 valence electrons. The van der Waals surface area contributed by atoms with Gasteiger partial charge in [0.15, 0.2) is 5.58 Å². The highest BCUT2D eigenvalue weighted by Gasteiger charge is 2.14. The lowest BCUT2D eigenvalue weighted by Crippen LogP contribution is -2.12. The predicted molar refractivity (Wildman–Crippen MR) is 116 cm³/mol. The number of phenols is 1. The van der Waals surface area contributed by atoms with Gasteiger partial charge in [-0.3, -0.25) is 4.79 Å². The molecule has 0 saturated heterocycles. The number of benzene rings is 3. The van der Waals surface area contributed by atoms with Crippen molar-refractivity contribution < 1.29 is 19.1 Å². The Hall–Kier alpha value is -3.80. The minimum absolute atomic E-state index is 0.0314. The van der Waals surface area contributed by atoms with Gasteiger partial charge in [0, 0.05) is 17.3 Å². The quantitative estimate of drug-likeness (QED) is 0.442. The van der Waals surface area contributed by atoms with E-state index >= 15 is 0 Å². The Balaban J connectivity index is 1.53. The van der Waals surface area contributed by atoms with E-state index in [0.29, 0.717) is 40.6 Å². The van der Waals surface area contributed by atoms with Crippen molar-refractivity contribution in [2.24, 2.45) is 0 Å². The molecule has 1 amide bonds. The molecule has 0 aliphatic rings. The number of aryl methyl sites for hydroxylation is 1. The highest BCUT2D eigenvalue weighted by Crippen LogP contribution is 2.33. The molecule has 30 heavy (non-hydrogen) atoms. The van der Waals surface area contributed by atoms with Crippen LogP contribution in [-0.4, -0.2) is 22.6 Å². The zero-order valence-corrected chi connectivity index (χ0v) is 16.8. The molecule has 0 saturated carbocycles. The largest absolute Gasteiger partial charge is 0.507 e. The van der Waals surface area contributed by atoms with Crippen molar-refractivity contribution in [1.29, 1.82) is 0 Å². The molecule has 4 rings (SSSR count). The molecule has 1 aromatic heterocycles.